The average molecular weight is 305 g/mol. The van der Waals surface area contributed by atoms with Crippen LogP contribution >= 0.6 is 0 Å². The van der Waals surface area contributed by atoms with E-state index in [2.05, 4.69) is 23.3 Å². The largest absolute Gasteiger partial charge is 0.444 e. The lowest BCUT2D eigenvalue weighted by Gasteiger charge is -2.29. The molecule has 5 heteroatoms. The van der Waals surface area contributed by atoms with Crippen LogP contribution in [0.3, 0.4) is 0 Å². The van der Waals surface area contributed by atoms with Crippen molar-refractivity contribution in [2.24, 2.45) is 0 Å². The van der Waals surface area contributed by atoms with Gasteiger partial charge in [0.25, 0.3) is 0 Å². The molecule has 0 spiro atoms. The van der Waals surface area contributed by atoms with Crippen LogP contribution in [0.5, 0.6) is 0 Å². The van der Waals surface area contributed by atoms with Gasteiger partial charge in [0.2, 0.25) is 0 Å². The van der Waals surface area contributed by atoms with E-state index in [9.17, 15) is 4.79 Å². The number of carbonyl (C=O) groups is 1. The molecule has 1 atom stereocenters. The number of aromatic nitrogens is 1. The molecule has 0 radical (unpaired) electrons. The second kappa shape index (κ2) is 6.99. The van der Waals surface area contributed by atoms with Gasteiger partial charge in [-0.3, -0.25) is 0 Å². The number of hydrogen-bond donors (Lipinski definition) is 1. The van der Waals surface area contributed by atoms with E-state index in [1.165, 1.54) is 0 Å². The molecule has 22 heavy (non-hydrogen) atoms. The third-order valence-corrected chi connectivity index (χ3v) is 3.62. The lowest BCUT2D eigenvalue weighted by atomic mass is 10.1. The molecule has 0 saturated carbocycles. The summed E-state index contributed by atoms with van der Waals surface area (Å²) in [4.78, 5) is 18.7. The number of rotatable bonds is 4. The average Bonchev–Trinajstić information content (AvgIpc) is 2.93. The van der Waals surface area contributed by atoms with E-state index < -0.39 is 5.60 Å². The summed E-state index contributed by atoms with van der Waals surface area (Å²) in [5.41, 5.74) is 0.613. The second-order valence-electron chi connectivity index (χ2n) is 6.70. The summed E-state index contributed by atoms with van der Waals surface area (Å²) in [6.07, 6.45) is 4.53. The van der Waals surface area contributed by atoms with Gasteiger partial charge in [-0.2, -0.15) is 0 Å². The summed E-state index contributed by atoms with van der Waals surface area (Å²) in [5, 5.41) is 3.36. The highest BCUT2D eigenvalue weighted by Gasteiger charge is 2.34. The Hall–Kier alpha value is -1.78. The van der Waals surface area contributed by atoms with Crippen molar-refractivity contribution in [1.82, 2.24) is 9.88 Å². The van der Waals surface area contributed by atoms with E-state index in [0.29, 0.717) is 0 Å². The molecule has 1 fully saturated rings. The number of ether oxygens (including phenoxy) is 1. The fourth-order valence-electron chi connectivity index (χ4n) is 2.71. The predicted molar refractivity (Wildman–Crippen MR) is 87.9 cm³/mol. The van der Waals surface area contributed by atoms with Gasteiger partial charge in [-0.05, 0) is 46.1 Å². The fraction of sp³-hybridized carbons (Fsp3) is 0.647. The minimum atomic E-state index is -0.470. The zero-order valence-electron chi connectivity index (χ0n) is 14.1. The number of nitrogens with zero attached hydrogens (tertiary/aromatic N) is 2. The Kier molecular flexibility index (Phi) is 5.27. The van der Waals surface area contributed by atoms with Gasteiger partial charge >= 0.3 is 6.09 Å². The van der Waals surface area contributed by atoms with Crippen molar-refractivity contribution in [2.45, 2.75) is 58.6 Å². The summed E-state index contributed by atoms with van der Waals surface area (Å²) >= 11 is 0. The molecule has 1 aromatic rings. The lowest BCUT2D eigenvalue weighted by molar-refractivity contribution is 0.0225. The zero-order valence-corrected chi connectivity index (χ0v) is 14.1. The highest BCUT2D eigenvalue weighted by Crippen LogP contribution is 2.36. The van der Waals surface area contributed by atoms with Gasteiger partial charge in [-0.25, -0.2) is 9.78 Å². The van der Waals surface area contributed by atoms with Gasteiger partial charge in [0.05, 0.1) is 6.04 Å². The summed E-state index contributed by atoms with van der Waals surface area (Å²) in [7, 11) is 0. The van der Waals surface area contributed by atoms with Crippen LogP contribution in [0.4, 0.5) is 10.6 Å². The third kappa shape index (κ3) is 4.12. The number of hydrogen-bond acceptors (Lipinski definition) is 4. The number of pyridine rings is 1. The molecule has 1 aliphatic rings. The van der Waals surface area contributed by atoms with Gasteiger partial charge in [0.15, 0.2) is 0 Å². The van der Waals surface area contributed by atoms with Gasteiger partial charge in [-0.1, -0.05) is 13.0 Å². The maximum atomic E-state index is 12.4. The molecule has 1 amide bonds. The standard InChI is InChI=1S/C17H27N3O2/c1-5-10-18-15-13(8-6-11-19-15)14-9-7-12-20(14)16(21)22-17(2,3)4/h6,8,11,14H,5,7,9-10,12H2,1-4H3,(H,18,19)/t14-/m0/s1. The maximum Gasteiger partial charge on any atom is 0.410 e. The lowest BCUT2D eigenvalue weighted by Crippen LogP contribution is -2.36. The molecular weight excluding hydrogens is 278 g/mol. The third-order valence-electron chi connectivity index (χ3n) is 3.62. The van der Waals surface area contributed by atoms with E-state index in [-0.39, 0.29) is 12.1 Å². The first-order chi connectivity index (χ1) is 10.4. The van der Waals surface area contributed by atoms with Crippen LogP contribution in [0.15, 0.2) is 18.3 Å². The fourth-order valence-corrected chi connectivity index (χ4v) is 2.71. The Morgan fingerprint density at radius 3 is 2.95 bits per heavy atom. The van der Waals surface area contributed by atoms with Crippen molar-refractivity contribution < 1.29 is 9.53 Å². The van der Waals surface area contributed by atoms with Crippen molar-refractivity contribution >= 4 is 11.9 Å². The van der Waals surface area contributed by atoms with Crippen LogP contribution in [0.1, 0.15) is 58.6 Å². The van der Waals surface area contributed by atoms with Crippen LogP contribution in [-0.2, 0) is 4.74 Å². The Morgan fingerprint density at radius 1 is 1.50 bits per heavy atom. The first-order valence-electron chi connectivity index (χ1n) is 8.11. The summed E-state index contributed by atoms with van der Waals surface area (Å²) in [6, 6.07) is 4.03. The second-order valence-corrected chi connectivity index (χ2v) is 6.70. The van der Waals surface area contributed by atoms with Crippen LogP contribution in [-0.4, -0.2) is 34.7 Å². The Bertz CT molecular complexity index is 511. The molecule has 5 nitrogen and oxygen atoms in total. The van der Waals surface area contributed by atoms with Crippen molar-refractivity contribution in [3.8, 4) is 0 Å². The van der Waals surface area contributed by atoms with Crippen LogP contribution in [0, 0.1) is 0 Å². The Labute approximate surface area is 133 Å². The first-order valence-corrected chi connectivity index (χ1v) is 8.11. The SMILES string of the molecule is CCCNc1ncccc1[C@@H]1CCCN1C(=O)OC(C)(C)C. The first kappa shape index (κ1) is 16.6. The van der Waals surface area contributed by atoms with Crippen molar-refractivity contribution in [2.75, 3.05) is 18.4 Å². The van der Waals surface area contributed by atoms with Crippen molar-refractivity contribution in [3.05, 3.63) is 23.9 Å². The Balaban J connectivity index is 2.18. The summed E-state index contributed by atoms with van der Waals surface area (Å²) in [5.74, 6) is 0.879. The maximum absolute atomic E-state index is 12.4. The topological polar surface area (TPSA) is 54.5 Å². The monoisotopic (exact) mass is 305 g/mol. The highest BCUT2D eigenvalue weighted by atomic mass is 16.6. The number of amides is 1. The normalized spacial score (nSPS) is 18.4. The van der Waals surface area contributed by atoms with Crippen LogP contribution < -0.4 is 5.32 Å². The van der Waals surface area contributed by atoms with Gasteiger partial charge < -0.3 is 15.0 Å². The molecule has 0 aromatic carbocycles. The molecule has 0 unspecified atom stereocenters. The predicted octanol–water partition coefficient (Wildman–Crippen LogP) is 3.98. The number of likely N-dealkylation sites (tertiary alicyclic amines) is 1. The smallest absolute Gasteiger partial charge is 0.410 e. The molecule has 1 N–H and O–H groups in total. The van der Waals surface area contributed by atoms with Crippen molar-refractivity contribution in [3.63, 3.8) is 0 Å². The minimum Gasteiger partial charge on any atom is -0.444 e. The van der Waals surface area contributed by atoms with Crippen LogP contribution in [0.2, 0.25) is 0 Å². The number of anilines is 1. The quantitative estimate of drug-likeness (QED) is 0.914. The highest BCUT2D eigenvalue weighted by molar-refractivity contribution is 5.70. The summed E-state index contributed by atoms with van der Waals surface area (Å²) in [6.45, 7) is 9.43. The minimum absolute atomic E-state index is 0.0444. The molecule has 1 aliphatic heterocycles. The van der Waals surface area contributed by atoms with E-state index in [1.807, 2.05) is 31.7 Å². The van der Waals surface area contributed by atoms with Gasteiger partial charge in [0.1, 0.15) is 11.4 Å². The summed E-state index contributed by atoms with van der Waals surface area (Å²) < 4.78 is 5.54. The van der Waals surface area contributed by atoms with Crippen LogP contribution in [0.25, 0.3) is 0 Å². The number of nitrogens with one attached hydrogen (secondary N) is 1. The molecule has 122 valence electrons. The van der Waals surface area contributed by atoms with E-state index in [4.69, 9.17) is 4.74 Å². The molecule has 0 bridgehead atoms. The van der Waals surface area contributed by atoms with Gasteiger partial charge in [0, 0.05) is 24.8 Å². The molecule has 0 aliphatic carbocycles. The van der Waals surface area contributed by atoms with E-state index in [0.717, 1.165) is 43.7 Å². The van der Waals surface area contributed by atoms with E-state index >= 15 is 0 Å². The molecule has 2 rings (SSSR count). The van der Waals surface area contributed by atoms with E-state index in [1.54, 1.807) is 6.20 Å². The van der Waals surface area contributed by atoms with Crippen molar-refractivity contribution in [1.29, 1.82) is 0 Å². The van der Waals surface area contributed by atoms with Gasteiger partial charge in [-0.15, -0.1) is 0 Å². The molecule has 1 aromatic heterocycles. The molecular formula is C17H27N3O2. The molecule has 2 heterocycles. The number of carbonyl (C=O) groups excluding carboxylic acids is 1. The zero-order chi connectivity index (χ0) is 16.2. The Morgan fingerprint density at radius 2 is 2.27 bits per heavy atom. The molecule has 1 saturated heterocycles.